The van der Waals surface area contributed by atoms with Crippen molar-refractivity contribution < 1.29 is 13.5 Å². The number of piperidine rings is 1. The van der Waals surface area contributed by atoms with Crippen molar-refractivity contribution in [3.8, 4) is 0 Å². The van der Waals surface area contributed by atoms with E-state index in [1.54, 1.807) is 16.4 Å². The van der Waals surface area contributed by atoms with Gasteiger partial charge in [0.05, 0.1) is 0 Å². The Balaban J connectivity index is 2.28. The molecular formula is C14H23NO3S2. The summed E-state index contributed by atoms with van der Waals surface area (Å²) >= 11 is 1.27. The van der Waals surface area contributed by atoms with E-state index >= 15 is 0 Å². The monoisotopic (exact) mass is 317 g/mol. The summed E-state index contributed by atoms with van der Waals surface area (Å²) < 4.78 is 27.6. The third-order valence-electron chi connectivity index (χ3n) is 4.10. The summed E-state index contributed by atoms with van der Waals surface area (Å²) in [6.07, 6.45) is 1.59. The predicted molar refractivity (Wildman–Crippen MR) is 81.4 cm³/mol. The fourth-order valence-corrected chi connectivity index (χ4v) is 6.16. The normalized spacial score (nSPS) is 28.7. The van der Waals surface area contributed by atoms with Gasteiger partial charge in [-0.2, -0.15) is 4.31 Å². The van der Waals surface area contributed by atoms with Crippen LogP contribution in [0.15, 0.2) is 16.3 Å². The van der Waals surface area contributed by atoms with Crippen molar-refractivity contribution in [3.05, 3.63) is 17.0 Å². The average Bonchev–Trinajstić information content (AvgIpc) is 2.83. The summed E-state index contributed by atoms with van der Waals surface area (Å²) in [7, 11) is -3.40. The molecule has 0 radical (unpaired) electrons. The second-order valence-corrected chi connectivity index (χ2v) is 9.11. The number of rotatable bonds is 4. The summed E-state index contributed by atoms with van der Waals surface area (Å²) in [4.78, 5) is 0.914. The fourth-order valence-electron chi connectivity index (χ4n) is 2.84. The Bertz CT molecular complexity index is 553. The largest absolute Gasteiger partial charge is 0.396 e. The fraction of sp³-hybridized carbons (Fsp3) is 0.714. The maximum Gasteiger partial charge on any atom is 0.252 e. The Morgan fingerprint density at radius 2 is 2.05 bits per heavy atom. The first-order chi connectivity index (χ1) is 9.36. The highest BCUT2D eigenvalue weighted by atomic mass is 32.2. The van der Waals surface area contributed by atoms with E-state index in [0.717, 1.165) is 11.3 Å². The molecule has 1 aromatic heterocycles. The molecule has 0 amide bonds. The lowest BCUT2D eigenvalue weighted by Gasteiger charge is -2.39. The number of sulfonamides is 1. The Morgan fingerprint density at radius 1 is 1.35 bits per heavy atom. The molecule has 3 unspecified atom stereocenters. The number of aliphatic hydroxyl groups is 1. The van der Waals surface area contributed by atoms with Gasteiger partial charge >= 0.3 is 0 Å². The molecule has 0 bridgehead atoms. The standard InChI is InChI=1S/C14H23NO3S2/c1-10-8-11(2)12(3)15(9-10)20(17,18)14-5-4-13(19-14)6-7-16/h4-5,10-12,16H,6-9H2,1-3H3. The first-order valence-electron chi connectivity index (χ1n) is 7.07. The van der Waals surface area contributed by atoms with E-state index in [2.05, 4.69) is 13.8 Å². The first-order valence-corrected chi connectivity index (χ1v) is 9.33. The van der Waals surface area contributed by atoms with Gasteiger partial charge in [0.25, 0.3) is 10.0 Å². The molecule has 2 heterocycles. The van der Waals surface area contributed by atoms with Crippen LogP contribution in [0.3, 0.4) is 0 Å². The molecule has 0 spiro atoms. The van der Waals surface area contributed by atoms with E-state index in [1.807, 2.05) is 6.92 Å². The van der Waals surface area contributed by atoms with Crippen LogP contribution in [-0.2, 0) is 16.4 Å². The van der Waals surface area contributed by atoms with Gasteiger partial charge in [-0.05, 0) is 37.3 Å². The summed E-state index contributed by atoms with van der Waals surface area (Å²) in [5.41, 5.74) is 0. The van der Waals surface area contributed by atoms with Gasteiger partial charge in [-0.3, -0.25) is 0 Å². The Hall–Kier alpha value is -0.430. The minimum Gasteiger partial charge on any atom is -0.396 e. The zero-order chi connectivity index (χ0) is 14.9. The molecule has 3 atom stereocenters. The molecule has 1 N–H and O–H groups in total. The molecule has 4 nitrogen and oxygen atoms in total. The van der Waals surface area contributed by atoms with E-state index in [0.29, 0.717) is 29.0 Å². The molecule has 2 rings (SSSR count). The van der Waals surface area contributed by atoms with Crippen LogP contribution in [0, 0.1) is 11.8 Å². The predicted octanol–water partition coefficient (Wildman–Crippen LogP) is 2.34. The van der Waals surface area contributed by atoms with Crippen molar-refractivity contribution in [2.45, 2.75) is 43.9 Å². The van der Waals surface area contributed by atoms with Crippen molar-refractivity contribution in [1.82, 2.24) is 4.31 Å². The van der Waals surface area contributed by atoms with Gasteiger partial charge in [0, 0.05) is 30.5 Å². The second kappa shape index (κ2) is 6.13. The van der Waals surface area contributed by atoms with Gasteiger partial charge in [-0.15, -0.1) is 11.3 Å². The Morgan fingerprint density at radius 3 is 2.70 bits per heavy atom. The highest BCUT2D eigenvalue weighted by Gasteiger charge is 2.37. The van der Waals surface area contributed by atoms with Crippen LogP contribution in [0.2, 0.25) is 0 Å². The molecule has 0 saturated carbocycles. The van der Waals surface area contributed by atoms with Crippen LogP contribution >= 0.6 is 11.3 Å². The maximum atomic E-state index is 12.8. The molecule has 1 saturated heterocycles. The number of aliphatic hydroxyl groups excluding tert-OH is 1. The molecule has 1 fully saturated rings. The molecule has 0 aromatic carbocycles. The van der Waals surface area contributed by atoms with Gasteiger partial charge < -0.3 is 5.11 Å². The van der Waals surface area contributed by atoms with Gasteiger partial charge in [-0.1, -0.05) is 13.8 Å². The number of thiophene rings is 1. The van der Waals surface area contributed by atoms with Crippen molar-refractivity contribution in [1.29, 1.82) is 0 Å². The van der Waals surface area contributed by atoms with Crippen LogP contribution in [0.1, 0.15) is 32.1 Å². The average molecular weight is 317 g/mol. The summed E-state index contributed by atoms with van der Waals surface area (Å²) in [6.45, 7) is 6.87. The Labute approximate surface area is 125 Å². The van der Waals surface area contributed by atoms with Crippen molar-refractivity contribution >= 4 is 21.4 Å². The van der Waals surface area contributed by atoms with Crippen molar-refractivity contribution in [3.63, 3.8) is 0 Å². The first kappa shape index (κ1) is 15.9. The minimum atomic E-state index is -3.40. The smallest absolute Gasteiger partial charge is 0.252 e. The zero-order valence-corrected chi connectivity index (χ0v) is 13.9. The molecule has 1 aliphatic heterocycles. The van der Waals surface area contributed by atoms with Gasteiger partial charge in [0.15, 0.2) is 0 Å². The Kier molecular flexibility index (Phi) is 4.89. The molecule has 0 aliphatic carbocycles. The van der Waals surface area contributed by atoms with E-state index in [4.69, 9.17) is 5.11 Å². The van der Waals surface area contributed by atoms with Gasteiger partial charge in [0.2, 0.25) is 0 Å². The van der Waals surface area contributed by atoms with Crippen LogP contribution in [-0.4, -0.2) is 37.0 Å². The van der Waals surface area contributed by atoms with Gasteiger partial charge in [-0.25, -0.2) is 8.42 Å². The molecule has 1 aromatic rings. The minimum absolute atomic E-state index is 0.0413. The van der Waals surface area contributed by atoms with Crippen molar-refractivity contribution in [2.75, 3.05) is 13.2 Å². The van der Waals surface area contributed by atoms with Crippen LogP contribution in [0.25, 0.3) is 0 Å². The third kappa shape index (κ3) is 3.08. The summed E-state index contributed by atoms with van der Waals surface area (Å²) in [5, 5.41) is 8.94. The van der Waals surface area contributed by atoms with Crippen molar-refractivity contribution in [2.24, 2.45) is 11.8 Å². The summed E-state index contributed by atoms with van der Waals surface area (Å²) in [6, 6.07) is 3.51. The lowest BCUT2D eigenvalue weighted by atomic mass is 9.88. The van der Waals surface area contributed by atoms with Crippen LogP contribution in [0.4, 0.5) is 0 Å². The highest BCUT2D eigenvalue weighted by Crippen LogP contribution is 2.33. The number of hydrogen-bond donors (Lipinski definition) is 1. The number of hydrogen-bond acceptors (Lipinski definition) is 4. The SMILES string of the molecule is CC1CC(C)C(C)N(S(=O)(=O)c2ccc(CCO)s2)C1. The quantitative estimate of drug-likeness (QED) is 0.927. The molecule has 1 aliphatic rings. The maximum absolute atomic E-state index is 12.8. The van der Waals surface area contributed by atoms with E-state index in [1.165, 1.54) is 11.3 Å². The van der Waals surface area contributed by atoms with E-state index in [9.17, 15) is 8.42 Å². The number of nitrogens with zero attached hydrogens (tertiary/aromatic N) is 1. The van der Waals surface area contributed by atoms with Crippen LogP contribution < -0.4 is 0 Å². The van der Waals surface area contributed by atoms with E-state index < -0.39 is 10.0 Å². The zero-order valence-electron chi connectivity index (χ0n) is 12.2. The van der Waals surface area contributed by atoms with Crippen LogP contribution in [0.5, 0.6) is 0 Å². The molecule has 114 valence electrons. The lowest BCUT2D eigenvalue weighted by Crippen LogP contribution is -2.48. The third-order valence-corrected chi connectivity index (χ3v) is 7.67. The highest BCUT2D eigenvalue weighted by molar-refractivity contribution is 7.91. The topological polar surface area (TPSA) is 57.6 Å². The molecule has 6 heteroatoms. The summed E-state index contributed by atoms with van der Waals surface area (Å²) in [5.74, 6) is 0.776. The second-order valence-electron chi connectivity index (χ2n) is 5.83. The van der Waals surface area contributed by atoms with E-state index in [-0.39, 0.29) is 12.6 Å². The molecule has 20 heavy (non-hydrogen) atoms. The molecular weight excluding hydrogens is 294 g/mol. The lowest BCUT2D eigenvalue weighted by molar-refractivity contribution is 0.157. The van der Waals surface area contributed by atoms with Gasteiger partial charge in [0.1, 0.15) is 4.21 Å².